The van der Waals surface area contributed by atoms with Gasteiger partial charge >= 0.3 is 23.9 Å². The summed E-state index contributed by atoms with van der Waals surface area (Å²) in [5, 5.41) is 30.5. The summed E-state index contributed by atoms with van der Waals surface area (Å²) in [4.78, 5) is 49.1. The Balaban J connectivity index is 0.000000158. The molecule has 5 heterocycles. The molecule has 0 saturated heterocycles. The number of carbonyl (C=O) groups excluding carboxylic acids is 4. The molecule has 0 radical (unpaired) electrons. The Bertz CT molecular complexity index is 3300. The number of nitrogen functional groups attached to an aromatic ring is 1. The van der Waals surface area contributed by atoms with Gasteiger partial charge < -0.3 is 49.7 Å². The van der Waals surface area contributed by atoms with E-state index in [4.69, 9.17) is 34.2 Å². The standard InChI is InChI=1S/C25H18F2N2O7.C21H11F2N3O5/c1-10(30)33-20-8-18-13(6-15(20)26)25(12-4-5-17(29-3)23(28)22(12)24(32)36-25)14-7-16(27)21(34-11(2)31)9-19(14)35-18;1-26-13-3-2-8-18(19(13)24-25-26)20(29)31-21(8)9-4-11(22)14(27)6-16(9)30-17-7-15(28)12(23)5-10(17)21/h4-9,29H,28H2,1-3H3;2-7,27-28H,1H3. The van der Waals surface area contributed by atoms with E-state index in [1.807, 2.05) is 0 Å². The highest BCUT2D eigenvalue weighted by molar-refractivity contribution is 6.07. The van der Waals surface area contributed by atoms with Gasteiger partial charge in [-0.15, -0.1) is 5.10 Å². The quantitative estimate of drug-likeness (QED) is 0.0592. The zero-order chi connectivity index (χ0) is 47.6. The van der Waals surface area contributed by atoms with Gasteiger partial charge in [0.2, 0.25) is 0 Å². The van der Waals surface area contributed by atoms with Crippen LogP contribution in [0.4, 0.5) is 28.9 Å². The van der Waals surface area contributed by atoms with E-state index in [9.17, 15) is 38.2 Å². The first-order valence-corrected chi connectivity index (χ1v) is 19.7. The van der Waals surface area contributed by atoms with Crippen LogP contribution in [0, 0.1) is 23.3 Å². The molecule has 0 aliphatic carbocycles. The van der Waals surface area contributed by atoms with Crippen molar-refractivity contribution in [2.75, 3.05) is 18.1 Å². The van der Waals surface area contributed by atoms with Gasteiger partial charge in [-0.25, -0.2) is 31.8 Å². The number of aromatic hydroxyl groups is 2. The molecule has 4 aliphatic heterocycles. The predicted octanol–water partition coefficient (Wildman–Crippen LogP) is 7.23. The van der Waals surface area contributed by atoms with E-state index in [1.54, 1.807) is 38.4 Å². The number of ether oxygens (including phenoxy) is 6. The van der Waals surface area contributed by atoms with Gasteiger partial charge in [-0.1, -0.05) is 17.3 Å². The van der Waals surface area contributed by atoms with Crippen molar-refractivity contribution in [1.82, 2.24) is 15.0 Å². The van der Waals surface area contributed by atoms with Crippen molar-refractivity contribution in [2.45, 2.75) is 25.0 Å². The Kier molecular flexibility index (Phi) is 9.15. The van der Waals surface area contributed by atoms with Crippen LogP contribution >= 0.6 is 0 Å². The maximum Gasteiger partial charge on any atom is 0.342 e. The van der Waals surface area contributed by atoms with Crippen LogP contribution in [0.15, 0.2) is 72.8 Å². The van der Waals surface area contributed by atoms with Crippen LogP contribution in [0.2, 0.25) is 0 Å². The zero-order valence-corrected chi connectivity index (χ0v) is 34.8. The molecule has 0 amide bonds. The maximum absolute atomic E-state index is 15.1. The first kappa shape index (κ1) is 42.1. The highest BCUT2D eigenvalue weighted by Crippen LogP contribution is 2.60. The number of halogens is 4. The normalized spacial score (nSPS) is 14.7. The number of nitrogens with one attached hydrogen (secondary N) is 1. The summed E-state index contributed by atoms with van der Waals surface area (Å²) in [5.74, 6) is -9.34. The fraction of sp³-hybridized carbons (Fsp3) is 0.130. The van der Waals surface area contributed by atoms with Crippen molar-refractivity contribution < 1.29 is 75.4 Å². The van der Waals surface area contributed by atoms with Crippen molar-refractivity contribution in [1.29, 1.82) is 0 Å². The summed E-state index contributed by atoms with van der Waals surface area (Å²) in [6.07, 6.45) is 0. The molecule has 1 aromatic heterocycles. The van der Waals surface area contributed by atoms with Crippen molar-refractivity contribution >= 4 is 46.3 Å². The van der Waals surface area contributed by atoms with Crippen molar-refractivity contribution in [3.05, 3.63) is 141 Å². The van der Waals surface area contributed by atoms with Crippen molar-refractivity contribution in [3.63, 3.8) is 0 Å². The Hall–Kier alpha value is -8.88. The molecule has 17 nitrogen and oxygen atoms in total. The van der Waals surface area contributed by atoms with Gasteiger partial charge in [-0.2, -0.15) is 0 Å². The Morgan fingerprint density at radius 2 is 1.09 bits per heavy atom. The number of esters is 4. The minimum atomic E-state index is -1.87. The monoisotopic (exact) mass is 919 g/mol. The molecule has 7 aromatic rings. The molecule has 0 saturated carbocycles. The van der Waals surface area contributed by atoms with Gasteiger partial charge in [0.1, 0.15) is 28.5 Å². The van der Waals surface area contributed by atoms with Gasteiger partial charge in [-0.3, -0.25) is 9.59 Å². The summed E-state index contributed by atoms with van der Waals surface area (Å²) in [6.45, 7) is 2.20. The van der Waals surface area contributed by atoms with Crippen LogP contribution < -0.4 is 30.0 Å². The fourth-order valence-electron chi connectivity index (χ4n) is 8.83. The van der Waals surface area contributed by atoms with E-state index < -0.39 is 81.3 Å². The second-order valence-electron chi connectivity index (χ2n) is 15.5. The molecule has 21 heteroatoms. The summed E-state index contributed by atoms with van der Waals surface area (Å²) in [7, 11) is 3.28. The van der Waals surface area contributed by atoms with Crippen LogP contribution in [0.3, 0.4) is 0 Å². The summed E-state index contributed by atoms with van der Waals surface area (Å²) in [6, 6.07) is 14.6. The summed E-state index contributed by atoms with van der Waals surface area (Å²) < 4.78 is 93.6. The van der Waals surface area contributed by atoms with E-state index in [1.165, 1.54) is 4.68 Å². The van der Waals surface area contributed by atoms with E-state index >= 15 is 8.78 Å². The lowest BCUT2D eigenvalue weighted by molar-refractivity contribution is -0.133. The lowest BCUT2D eigenvalue weighted by Gasteiger charge is -2.36. The molecule has 338 valence electrons. The van der Waals surface area contributed by atoms with Crippen LogP contribution in [-0.2, 0) is 37.3 Å². The third kappa shape index (κ3) is 6.00. The fourth-order valence-corrected chi connectivity index (χ4v) is 8.83. The van der Waals surface area contributed by atoms with Crippen molar-refractivity contribution in [2.24, 2.45) is 7.05 Å². The third-order valence-corrected chi connectivity index (χ3v) is 11.6. The smallest absolute Gasteiger partial charge is 0.342 e. The number of hydrogen-bond donors (Lipinski definition) is 4. The number of phenols is 2. The molecule has 67 heavy (non-hydrogen) atoms. The second-order valence-corrected chi connectivity index (χ2v) is 15.5. The highest BCUT2D eigenvalue weighted by atomic mass is 19.1. The van der Waals surface area contributed by atoms with E-state index in [0.717, 1.165) is 62.4 Å². The SMILES string of the molecule is CNc1ccc2c(c1N)C(=O)OC21c2cc(F)c(OC(C)=O)cc2Oc2cc(OC(C)=O)c(F)cc21.Cn1nnc2c3c(ccc21)C1(OC3=O)c2cc(F)c(O)cc2Oc2cc(O)c(F)cc21. The average molecular weight is 920 g/mol. The maximum atomic E-state index is 15.1. The Morgan fingerprint density at radius 3 is 1.57 bits per heavy atom. The van der Waals surface area contributed by atoms with Crippen molar-refractivity contribution in [3.8, 4) is 46.0 Å². The van der Waals surface area contributed by atoms with Crippen LogP contribution in [0.25, 0.3) is 11.0 Å². The number of benzene rings is 6. The second kappa shape index (κ2) is 14.6. The molecular weight excluding hydrogens is 891 g/mol. The van der Waals surface area contributed by atoms with Gasteiger partial charge in [0.25, 0.3) is 0 Å². The molecule has 11 rings (SSSR count). The van der Waals surface area contributed by atoms with E-state index in [2.05, 4.69) is 15.6 Å². The largest absolute Gasteiger partial charge is 0.505 e. The van der Waals surface area contributed by atoms with E-state index in [0.29, 0.717) is 11.2 Å². The summed E-state index contributed by atoms with van der Waals surface area (Å²) in [5.41, 5.74) is 4.66. The Morgan fingerprint density at radius 1 is 0.657 bits per heavy atom. The van der Waals surface area contributed by atoms with Gasteiger partial charge in [-0.05, 0) is 36.4 Å². The number of nitrogens with two attached hydrogens (primary N) is 1. The molecule has 6 aromatic carbocycles. The number of hydrogen-bond acceptors (Lipinski definition) is 16. The first-order valence-electron chi connectivity index (χ1n) is 19.7. The van der Waals surface area contributed by atoms with Crippen LogP contribution in [0.5, 0.6) is 46.0 Å². The number of rotatable bonds is 3. The molecule has 5 N–H and O–H groups in total. The van der Waals surface area contributed by atoms with Gasteiger partial charge in [0.15, 0.2) is 57.5 Å². The van der Waals surface area contributed by atoms with Gasteiger partial charge in [0, 0.05) is 63.3 Å². The molecular formula is C46H29F4N5O12. The number of aryl methyl sites for hydroxylation is 1. The molecule has 0 bridgehead atoms. The predicted molar refractivity (Wildman–Crippen MR) is 221 cm³/mol. The van der Waals surface area contributed by atoms with Crippen LogP contribution in [0.1, 0.15) is 67.9 Å². The zero-order valence-electron chi connectivity index (χ0n) is 34.8. The number of fused-ring (bicyclic) bond motifs is 14. The topological polar surface area (TPSA) is 233 Å². The Labute approximate surface area is 372 Å². The lowest BCUT2D eigenvalue weighted by atomic mass is 9.77. The van der Waals surface area contributed by atoms with Gasteiger partial charge in [0.05, 0.1) is 50.3 Å². The average Bonchev–Trinajstić information content (AvgIpc) is 3.90. The highest BCUT2D eigenvalue weighted by Gasteiger charge is 2.57. The number of aromatic nitrogens is 3. The van der Waals surface area contributed by atoms with Crippen LogP contribution in [-0.4, -0.2) is 56.1 Å². The molecule has 0 fully saturated rings. The molecule has 2 spiro atoms. The number of anilines is 2. The molecule has 0 unspecified atom stereocenters. The molecule has 0 atom stereocenters. The lowest BCUT2D eigenvalue weighted by Crippen LogP contribution is -2.33. The minimum Gasteiger partial charge on any atom is -0.505 e. The molecule has 4 aliphatic rings. The summed E-state index contributed by atoms with van der Waals surface area (Å²) >= 11 is 0. The number of nitrogens with zero attached hydrogens (tertiary/aromatic N) is 3. The van der Waals surface area contributed by atoms with E-state index in [-0.39, 0.29) is 78.7 Å². The number of carbonyl (C=O) groups is 4. The minimum absolute atomic E-state index is 0.00625. The third-order valence-electron chi connectivity index (χ3n) is 11.6. The number of phenolic OH excluding ortho intramolecular Hbond substituents is 2. The first-order chi connectivity index (χ1) is 31.9.